The van der Waals surface area contributed by atoms with Gasteiger partial charge in [0.2, 0.25) is 0 Å². The Morgan fingerprint density at radius 3 is 2.67 bits per heavy atom. The van der Waals surface area contributed by atoms with Gasteiger partial charge in [-0.25, -0.2) is 0 Å². The van der Waals surface area contributed by atoms with Crippen LogP contribution in [0.5, 0.6) is 0 Å². The Balaban J connectivity index is 2.66. The molecule has 0 spiro atoms. The second-order valence-electron chi connectivity index (χ2n) is 0.873. The Morgan fingerprint density at radius 1 is 1.83 bits per heavy atom. The summed E-state index contributed by atoms with van der Waals surface area (Å²) in [6.45, 7) is 2.82. The van der Waals surface area contributed by atoms with E-state index in [-0.39, 0.29) is 0 Å². The highest BCUT2D eigenvalue weighted by molar-refractivity contribution is 4.65. The average molecular weight is 87.1 g/mol. The molecule has 6 heavy (non-hydrogen) atoms. The van der Waals surface area contributed by atoms with Gasteiger partial charge < -0.3 is 10.4 Å². The molecule has 0 rings (SSSR count). The first-order chi connectivity index (χ1) is 2.91. The van der Waals surface area contributed by atoms with Crippen LogP contribution in [0, 0.1) is 0 Å². The number of hydrogen-bond donors (Lipinski definition) is 2. The van der Waals surface area contributed by atoms with Crippen molar-refractivity contribution in [2.24, 2.45) is 0 Å². The summed E-state index contributed by atoms with van der Waals surface area (Å²) in [5.41, 5.74) is 0. The van der Waals surface area contributed by atoms with Crippen molar-refractivity contribution >= 4 is 0 Å². The van der Waals surface area contributed by atoms with Crippen molar-refractivity contribution in [3.8, 4) is 0 Å². The molecule has 36 valence electrons. The second kappa shape index (κ2) is 4.34. The molecule has 0 aromatic rings. The van der Waals surface area contributed by atoms with Gasteiger partial charge in [0.25, 0.3) is 0 Å². The van der Waals surface area contributed by atoms with E-state index in [2.05, 4.69) is 5.32 Å². The largest absolute Gasteiger partial charge is 0.514 e. The first-order valence-electron chi connectivity index (χ1n) is 1.94. The molecule has 0 aromatic heterocycles. The number of rotatable bonds is 2. The van der Waals surface area contributed by atoms with E-state index < -0.39 is 0 Å². The molecule has 0 amide bonds. The van der Waals surface area contributed by atoms with E-state index in [9.17, 15) is 0 Å². The Labute approximate surface area is 37.5 Å². The third-order valence-electron chi connectivity index (χ3n) is 0.397. The lowest BCUT2D eigenvalue weighted by molar-refractivity contribution is 0.469. The van der Waals surface area contributed by atoms with Crippen LogP contribution in [0.4, 0.5) is 0 Å². The Hall–Kier alpha value is -0.660. The summed E-state index contributed by atoms with van der Waals surface area (Å²) in [5, 5.41) is 10.7. The summed E-state index contributed by atoms with van der Waals surface area (Å²) in [4.78, 5) is 0. The fraction of sp³-hybridized carbons (Fsp3) is 0.500. The molecule has 0 aliphatic heterocycles. The van der Waals surface area contributed by atoms with E-state index in [1.165, 1.54) is 6.20 Å². The third-order valence-corrected chi connectivity index (χ3v) is 0.397. The molecular weight excluding hydrogens is 78.0 g/mol. The van der Waals surface area contributed by atoms with Crippen LogP contribution in [0.1, 0.15) is 6.92 Å². The standard InChI is InChI=1S/C4H9NO/c1-2-5-3-4-6/h3-6H,2H2,1H3. The molecule has 0 aromatic carbocycles. The number of hydrogen-bond acceptors (Lipinski definition) is 2. The Bertz CT molecular complexity index is 42.8. The molecule has 0 bridgehead atoms. The molecule has 2 N–H and O–H groups in total. The highest BCUT2D eigenvalue weighted by atomic mass is 16.2. The summed E-state index contributed by atoms with van der Waals surface area (Å²) in [5.74, 6) is 0. The maximum absolute atomic E-state index is 7.95. The molecule has 0 aliphatic rings. The minimum atomic E-state index is 0.858. The lowest BCUT2D eigenvalue weighted by atomic mass is 10.7. The van der Waals surface area contributed by atoms with E-state index in [1.807, 2.05) is 6.92 Å². The van der Waals surface area contributed by atoms with Gasteiger partial charge in [0.15, 0.2) is 0 Å². The maximum atomic E-state index is 7.95. The molecule has 0 heterocycles. The van der Waals surface area contributed by atoms with Crippen LogP contribution in [0.3, 0.4) is 0 Å². The van der Waals surface area contributed by atoms with Crippen molar-refractivity contribution in [2.45, 2.75) is 6.92 Å². The highest BCUT2D eigenvalue weighted by Gasteiger charge is 1.59. The van der Waals surface area contributed by atoms with Gasteiger partial charge in [0, 0.05) is 12.7 Å². The zero-order valence-electron chi connectivity index (χ0n) is 3.81. The van der Waals surface area contributed by atoms with Gasteiger partial charge in [-0.1, -0.05) is 0 Å². The Kier molecular flexibility index (Phi) is 3.86. The topological polar surface area (TPSA) is 32.3 Å². The quantitative estimate of drug-likeness (QED) is 0.484. The van der Waals surface area contributed by atoms with Crippen molar-refractivity contribution in [3.05, 3.63) is 12.5 Å². The van der Waals surface area contributed by atoms with E-state index in [0.29, 0.717) is 0 Å². The summed E-state index contributed by atoms with van der Waals surface area (Å²) in [6.07, 6.45) is 2.46. The first kappa shape index (κ1) is 5.34. The minimum Gasteiger partial charge on any atom is -0.514 e. The number of aliphatic hydroxyl groups is 1. The molecule has 0 saturated heterocycles. The smallest absolute Gasteiger partial charge is 0.0948 e. The molecule has 0 unspecified atom stereocenters. The van der Waals surface area contributed by atoms with Gasteiger partial charge in [0.05, 0.1) is 6.26 Å². The van der Waals surface area contributed by atoms with Gasteiger partial charge in [-0.3, -0.25) is 0 Å². The summed E-state index contributed by atoms with van der Waals surface area (Å²) in [7, 11) is 0. The van der Waals surface area contributed by atoms with E-state index in [4.69, 9.17) is 5.11 Å². The van der Waals surface area contributed by atoms with Crippen molar-refractivity contribution in [2.75, 3.05) is 6.54 Å². The highest BCUT2D eigenvalue weighted by Crippen LogP contribution is 1.54. The van der Waals surface area contributed by atoms with Crippen molar-refractivity contribution in [3.63, 3.8) is 0 Å². The second-order valence-corrected chi connectivity index (χ2v) is 0.873. The molecular formula is C4H9NO. The van der Waals surface area contributed by atoms with Crippen molar-refractivity contribution in [1.29, 1.82) is 0 Å². The fourth-order valence-electron chi connectivity index (χ4n) is 0.171. The zero-order chi connectivity index (χ0) is 4.83. The molecule has 0 fully saturated rings. The summed E-state index contributed by atoms with van der Waals surface area (Å²) < 4.78 is 0. The van der Waals surface area contributed by atoms with Gasteiger partial charge in [-0.15, -0.1) is 0 Å². The van der Waals surface area contributed by atoms with Gasteiger partial charge in [-0.05, 0) is 6.92 Å². The van der Waals surface area contributed by atoms with Crippen LogP contribution in [0.2, 0.25) is 0 Å². The molecule has 0 saturated carbocycles. The van der Waals surface area contributed by atoms with E-state index in [1.54, 1.807) is 0 Å². The maximum Gasteiger partial charge on any atom is 0.0948 e. The van der Waals surface area contributed by atoms with Crippen LogP contribution < -0.4 is 5.32 Å². The zero-order valence-corrected chi connectivity index (χ0v) is 3.81. The van der Waals surface area contributed by atoms with Crippen molar-refractivity contribution < 1.29 is 5.11 Å². The molecule has 0 radical (unpaired) electrons. The molecule has 0 aliphatic carbocycles. The van der Waals surface area contributed by atoms with Gasteiger partial charge in [-0.2, -0.15) is 0 Å². The monoisotopic (exact) mass is 87.1 g/mol. The normalized spacial score (nSPS) is 9.50. The minimum absolute atomic E-state index is 0.858. The number of nitrogens with one attached hydrogen (secondary N) is 1. The summed E-state index contributed by atoms with van der Waals surface area (Å²) >= 11 is 0. The fourth-order valence-corrected chi connectivity index (χ4v) is 0.171. The van der Waals surface area contributed by atoms with E-state index in [0.717, 1.165) is 12.8 Å². The predicted octanol–water partition coefficient (Wildman–Crippen LogP) is 0.625. The molecule has 2 heteroatoms. The summed E-state index contributed by atoms with van der Waals surface area (Å²) in [6, 6.07) is 0. The number of aliphatic hydroxyl groups excluding tert-OH is 1. The Morgan fingerprint density at radius 2 is 2.50 bits per heavy atom. The van der Waals surface area contributed by atoms with Crippen LogP contribution >= 0.6 is 0 Å². The lowest BCUT2D eigenvalue weighted by Gasteiger charge is -1.84. The lowest BCUT2D eigenvalue weighted by Crippen LogP contribution is -2.00. The van der Waals surface area contributed by atoms with Crippen LogP contribution in [0.15, 0.2) is 12.5 Å². The average Bonchev–Trinajstić information content (AvgIpc) is 1.61. The van der Waals surface area contributed by atoms with Crippen molar-refractivity contribution in [1.82, 2.24) is 5.32 Å². The van der Waals surface area contributed by atoms with Gasteiger partial charge in [0.1, 0.15) is 0 Å². The molecule has 0 atom stereocenters. The molecule has 2 nitrogen and oxygen atoms in total. The van der Waals surface area contributed by atoms with Crippen LogP contribution in [0.25, 0.3) is 0 Å². The van der Waals surface area contributed by atoms with E-state index >= 15 is 0 Å². The van der Waals surface area contributed by atoms with Gasteiger partial charge >= 0.3 is 0 Å². The SMILES string of the molecule is CCNC=CO. The van der Waals surface area contributed by atoms with Crippen LogP contribution in [-0.2, 0) is 0 Å². The predicted molar refractivity (Wildman–Crippen MR) is 25.4 cm³/mol. The third kappa shape index (κ3) is 3.34. The van der Waals surface area contributed by atoms with Crippen LogP contribution in [-0.4, -0.2) is 11.7 Å². The first-order valence-corrected chi connectivity index (χ1v) is 1.94.